The third kappa shape index (κ3) is 39.0. The predicted molar refractivity (Wildman–Crippen MR) is 215 cm³/mol. The van der Waals surface area contributed by atoms with Gasteiger partial charge in [-0.25, -0.2) is 4.57 Å². The van der Waals surface area contributed by atoms with Gasteiger partial charge in [-0.1, -0.05) is 132 Å². The Kier molecular flexibility index (Phi) is 33.6. The van der Waals surface area contributed by atoms with E-state index in [2.05, 4.69) is 74.6 Å². The molecule has 2 unspecified atom stereocenters. The standard InChI is InChI=1S/C42H74NO7P/c1-6-8-10-12-14-16-18-20-22-23-25-27-29-31-33-35-42(44)50-41(40-49-51(45,46)48-38-36-43(3,4)5)39-47-37-34-32-30-28-26-24-21-19-17-15-13-11-9-7-2/h8,10,14,16-17,19-20,22,25,27,31,33,41H,6-7,9,11-13,15,18,21,23-24,26,28-30,32,34-40H2,1-5H3/p+1/b10-8-,16-14-,19-17-,22-20-,27-25-,33-31-. The molecular weight excluding hydrogens is 661 g/mol. The minimum Gasteiger partial charge on any atom is -0.457 e. The summed E-state index contributed by atoms with van der Waals surface area (Å²) in [4.78, 5) is 22.7. The van der Waals surface area contributed by atoms with Gasteiger partial charge in [-0.15, -0.1) is 0 Å². The molecule has 2 atom stereocenters. The first-order chi connectivity index (χ1) is 24.6. The van der Waals surface area contributed by atoms with Crippen LogP contribution in [0.4, 0.5) is 0 Å². The maximum atomic E-state index is 12.6. The van der Waals surface area contributed by atoms with E-state index in [4.69, 9.17) is 18.5 Å². The molecule has 294 valence electrons. The van der Waals surface area contributed by atoms with E-state index in [1.165, 1.54) is 57.8 Å². The Bertz CT molecular complexity index is 1040. The molecule has 0 saturated heterocycles. The Morgan fingerprint density at radius 3 is 1.69 bits per heavy atom. The zero-order valence-electron chi connectivity index (χ0n) is 33.1. The SMILES string of the molecule is CC/C=C\C/C=C\C/C=C\C/C=C\C/C=C\CC(=O)OC(COCCCCCCCC/C=C\CCCCCC)COP(=O)(O)OCC[N+](C)(C)C. The second-order valence-electron chi connectivity index (χ2n) is 13.9. The second kappa shape index (κ2) is 35.0. The summed E-state index contributed by atoms with van der Waals surface area (Å²) in [6.07, 6.45) is 43.9. The lowest BCUT2D eigenvalue weighted by Crippen LogP contribution is -2.37. The van der Waals surface area contributed by atoms with Crippen molar-refractivity contribution < 1.29 is 37.3 Å². The van der Waals surface area contributed by atoms with Crippen molar-refractivity contribution in [1.29, 1.82) is 0 Å². The zero-order chi connectivity index (χ0) is 37.7. The third-order valence-corrected chi connectivity index (χ3v) is 8.77. The molecule has 51 heavy (non-hydrogen) atoms. The number of phosphoric ester groups is 1. The number of quaternary nitrogens is 1. The molecule has 0 aromatic carbocycles. The molecule has 0 fully saturated rings. The summed E-state index contributed by atoms with van der Waals surface area (Å²) in [7, 11) is 1.59. The summed E-state index contributed by atoms with van der Waals surface area (Å²) >= 11 is 0. The number of unbranched alkanes of at least 4 members (excludes halogenated alkanes) is 10. The van der Waals surface area contributed by atoms with Crippen molar-refractivity contribution in [3.05, 3.63) is 72.9 Å². The van der Waals surface area contributed by atoms with Gasteiger partial charge in [0.25, 0.3) is 0 Å². The van der Waals surface area contributed by atoms with Crippen molar-refractivity contribution in [2.24, 2.45) is 0 Å². The topological polar surface area (TPSA) is 91.3 Å². The van der Waals surface area contributed by atoms with Crippen molar-refractivity contribution in [3.63, 3.8) is 0 Å². The number of carbonyl (C=O) groups is 1. The van der Waals surface area contributed by atoms with E-state index in [1.54, 1.807) is 6.08 Å². The number of esters is 1. The molecule has 0 rings (SSSR count). The van der Waals surface area contributed by atoms with Crippen LogP contribution >= 0.6 is 7.82 Å². The molecule has 0 spiro atoms. The second-order valence-corrected chi connectivity index (χ2v) is 15.4. The molecule has 0 aliphatic rings. The summed E-state index contributed by atoms with van der Waals surface area (Å²) in [6.45, 7) is 5.31. The van der Waals surface area contributed by atoms with Crippen molar-refractivity contribution in [1.82, 2.24) is 0 Å². The van der Waals surface area contributed by atoms with Crippen molar-refractivity contribution in [2.75, 3.05) is 54.1 Å². The van der Waals surface area contributed by atoms with Gasteiger partial charge in [0, 0.05) is 6.61 Å². The van der Waals surface area contributed by atoms with Gasteiger partial charge < -0.3 is 18.9 Å². The number of hydrogen-bond donors (Lipinski definition) is 1. The summed E-state index contributed by atoms with van der Waals surface area (Å²) < 4.78 is 34.7. The van der Waals surface area contributed by atoms with Crippen LogP contribution in [-0.4, -0.2) is 75.6 Å². The van der Waals surface area contributed by atoms with Gasteiger partial charge in [-0.05, 0) is 64.2 Å². The van der Waals surface area contributed by atoms with Crippen LogP contribution in [0.1, 0.15) is 129 Å². The van der Waals surface area contributed by atoms with Crippen LogP contribution in [0.3, 0.4) is 0 Å². The number of likely N-dealkylation sites (N-methyl/N-ethyl adjacent to an activating group) is 1. The van der Waals surface area contributed by atoms with Gasteiger partial charge in [0.15, 0.2) is 0 Å². The zero-order valence-corrected chi connectivity index (χ0v) is 34.0. The van der Waals surface area contributed by atoms with Gasteiger partial charge in [0.1, 0.15) is 19.3 Å². The third-order valence-electron chi connectivity index (χ3n) is 7.78. The van der Waals surface area contributed by atoms with Gasteiger partial charge in [0.05, 0.1) is 40.8 Å². The summed E-state index contributed by atoms with van der Waals surface area (Å²) in [5, 5.41) is 0. The molecule has 0 radical (unpaired) electrons. The Morgan fingerprint density at radius 2 is 1.14 bits per heavy atom. The summed E-state index contributed by atoms with van der Waals surface area (Å²) in [5.74, 6) is -0.446. The molecule has 0 amide bonds. The molecule has 8 nitrogen and oxygen atoms in total. The fourth-order valence-corrected chi connectivity index (χ4v) is 5.48. The van der Waals surface area contributed by atoms with Crippen LogP contribution in [0.2, 0.25) is 0 Å². The number of phosphoric acid groups is 1. The molecule has 0 saturated carbocycles. The van der Waals surface area contributed by atoms with Crippen LogP contribution in [-0.2, 0) is 27.9 Å². The van der Waals surface area contributed by atoms with E-state index in [1.807, 2.05) is 27.2 Å². The normalized spacial score (nSPS) is 14.7. The van der Waals surface area contributed by atoms with Crippen LogP contribution in [0, 0.1) is 0 Å². The van der Waals surface area contributed by atoms with Crippen molar-refractivity contribution in [2.45, 2.75) is 136 Å². The lowest BCUT2D eigenvalue weighted by molar-refractivity contribution is -0.870. The molecular formula is C42H75NO7P+. The Labute approximate surface area is 312 Å². The largest absolute Gasteiger partial charge is 0.472 e. The van der Waals surface area contributed by atoms with E-state index in [-0.39, 0.29) is 26.2 Å². The van der Waals surface area contributed by atoms with Gasteiger partial charge in [-0.2, -0.15) is 0 Å². The highest BCUT2D eigenvalue weighted by atomic mass is 31.2. The van der Waals surface area contributed by atoms with Crippen molar-refractivity contribution >= 4 is 13.8 Å². The molecule has 0 bridgehead atoms. The fourth-order valence-electron chi connectivity index (χ4n) is 4.74. The average Bonchev–Trinajstić information content (AvgIpc) is 3.08. The van der Waals surface area contributed by atoms with E-state index < -0.39 is 19.9 Å². The first kappa shape index (κ1) is 48.9. The monoisotopic (exact) mass is 737 g/mol. The lowest BCUT2D eigenvalue weighted by atomic mass is 10.1. The Morgan fingerprint density at radius 1 is 0.627 bits per heavy atom. The maximum Gasteiger partial charge on any atom is 0.472 e. The highest BCUT2D eigenvalue weighted by Crippen LogP contribution is 2.43. The van der Waals surface area contributed by atoms with Crippen molar-refractivity contribution in [3.8, 4) is 0 Å². The number of nitrogens with zero attached hydrogens (tertiary/aromatic N) is 1. The van der Waals surface area contributed by atoms with E-state index in [0.29, 0.717) is 17.6 Å². The van der Waals surface area contributed by atoms with Crippen LogP contribution in [0.15, 0.2) is 72.9 Å². The molecule has 0 aliphatic heterocycles. The maximum absolute atomic E-state index is 12.6. The first-order valence-corrected chi connectivity index (χ1v) is 21.2. The summed E-state index contributed by atoms with van der Waals surface area (Å²) in [6, 6.07) is 0. The Hall–Kier alpha value is -2.06. The molecule has 0 aromatic heterocycles. The number of ether oxygens (including phenoxy) is 2. The minimum atomic E-state index is -4.30. The lowest BCUT2D eigenvalue weighted by Gasteiger charge is -2.24. The number of rotatable bonds is 35. The fraction of sp³-hybridized carbons (Fsp3) is 0.690. The molecule has 9 heteroatoms. The van der Waals surface area contributed by atoms with Gasteiger partial charge in [-0.3, -0.25) is 13.8 Å². The van der Waals surface area contributed by atoms with E-state index in [0.717, 1.165) is 51.4 Å². The van der Waals surface area contributed by atoms with Gasteiger partial charge >= 0.3 is 13.8 Å². The quantitative estimate of drug-likeness (QED) is 0.0228. The average molecular weight is 737 g/mol. The highest BCUT2D eigenvalue weighted by molar-refractivity contribution is 7.47. The molecule has 1 N–H and O–H groups in total. The van der Waals surface area contributed by atoms with E-state index in [9.17, 15) is 14.3 Å². The molecule has 0 aromatic rings. The molecule has 0 aliphatic carbocycles. The predicted octanol–water partition coefficient (Wildman–Crippen LogP) is 11.2. The highest BCUT2D eigenvalue weighted by Gasteiger charge is 2.26. The summed E-state index contributed by atoms with van der Waals surface area (Å²) in [5.41, 5.74) is 0. The Balaban J connectivity index is 4.47. The van der Waals surface area contributed by atoms with Crippen LogP contribution in [0.25, 0.3) is 0 Å². The minimum absolute atomic E-state index is 0.0676. The van der Waals surface area contributed by atoms with E-state index >= 15 is 0 Å². The van der Waals surface area contributed by atoms with Crippen LogP contribution < -0.4 is 0 Å². The number of carbonyl (C=O) groups excluding carboxylic acids is 1. The van der Waals surface area contributed by atoms with Crippen LogP contribution in [0.5, 0.6) is 0 Å². The smallest absolute Gasteiger partial charge is 0.457 e. The number of hydrogen-bond acceptors (Lipinski definition) is 6. The van der Waals surface area contributed by atoms with Gasteiger partial charge in [0.2, 0.25) is 0 Å². The first-order valence-electron chi connectivity index (χ1n) is 19.7. The number of allylic oxidation sites excluding steroid dienone is 11. The molecule has 0 heterocycles.